The third-order valence-electron chi connectivity index (χ3n) is 6.94. The maximum atomic E-state index is 14.2. The van der Waals surface area contributed by atoms with E-state index in [2.05, 4.69) is 15.3 Å². The molecule has 5 atom stereocenters. The zero-order chi connectivity index (χ0) is 30.7. The number of carbonyl (C=O) groups excluding carboxylic acids is 2. The van der Waals surface area contributed by atoms with E-state index in [-0.39, 0.29) is 25.0 Å². The number of alkyl halides is 6. The lowest BCUT2D eigenvalue weighted by Gasteiger charge is -2.27. The first-order valence-corrected chi connectivity index (χ1v) is 13.3. The van der Waals surface area contributed by atoms with E-state index in [1.165, 1.54) is 18.7 Å². The first kappa shape index (κ1) is 32.7. The van der Waals surface area contributed by atoms with Crippen molar-refractivity contribution in [1.82, 2.24) is 15.2 Å². The van der Waals surface area contributed by atoms with E-state index >= 15 is 0 Å². The molecule has 0 bridgehead atoms. The summed E-state index contributed by atoms with van der Waals surface area (Å²) in [6.45, 7) is 4.54. The smallest absolute Gasteiger partial charge is 0.388 e. The molecule has 3 N–H and O–H groups in total. The van der Waals surface area contributed by atoms with Crippen molar-refractivity contribution in [2.75, 3.05) is 25.1 Å². The fourth-order valence-electron chi connectivity index (χ4n) is 4.56. The predicted octanol–water partition coefficient (Wildman–Crippen LogP) is 3.29. The van der Waals surface area contributed by atoms with Crippen LogP contribution in [0.25, 0.3) is 0 Å². The van der Waals surface area contributed by atoms with Gasteiger partial charge in [-0.25, -0.2) is 4.98 Å². The molecule has 1 unspecified atom stereocenters. The van der Waals surface area contributed by atoms with Crippen LogP contribution in [0.2, 0.25) is 0 Å². The molecule has 2 saturated heterocycles. The topological polar surface area (TPSA) is 116 Å². The fourth-order valence-corrected chi connectivity index (χ4v) is 4.87. The molecule has 2 amide bonds. The quantitative estimate of drug-likeness (QED) is 0.170. The molecule has 41 heavy (non-hydrogen) atoms. The third-order valence-corrected chi connectivity index (χ3v) is 7.38. The van der Waals surface area contributed by atoms with Gasteiger partial charge in [0.15, 0.2) is 6.04 Å². The number of thiocarbonyl (C=S) groups is 1. The summed E-state index contributed by atoms with van der Waals surface area (Å²) in [7, 11) is 0. The Hall–Kier alpha value is -2.85. The zero-order valence-electron chi connectivity index (χ0n) is 22.5. The molecule has 228 valence electrons. The van der Waals surface area contributed by atoms with Crippen LogP contribution in [0.15, 0.2) is 17.3 Å². The lowest BCUT2D eigenvalue weighted by molar-refractivity contribution is -0.143. The van der Waals surface area contributed by atoms with E-state index in [1.807, 2.05) is 5.32 Å². The van der Waals surface area contributed by atoms with Gasteiger partial charge in [-0.1, -0.05) is 19.1 Å². The standard InChI is InChI=1S/C25H31F6N5O4S/c1-4-18(25(29,30)31)35-19-8-15(24(26,27)28)14(9-32-19)21(41)20(23(39)36-7-5-6-12(36)2)33-13(3)22(38)34-16-10-40-11-17(16)37/h8-9,12,16-18,20,37H,4-7,10-11H2,1-3H3,(H,32,35)(H,34,38)/b33-13+/t12-,16-,17-,18-,20?/m0/s1. The largest absolute Gasteiger partial charge is 0.417 e. The zero-order valence-corrected chi connectivity index (χ0v) is 23.3. The number of hydrogen-bond donors (Lipinski definition) is 3. The molecule has 2 aliphatic rings. The normalized spacial score (nSPS) is 23.3. The van der Waals surface area contributed by atoms with Crippen molar-refractivity contribution in [1.29, 1.82) is 0 Å². The average Bonchev–Trinajstić information content (AvgIpc) is 3.50. The highest BCUT2D eigenvalue weighted by Gasteiger charge is 2.42. The molecule has 0 saturated carbocycles. The summed E-state index contributed by atoms with van der Waals surface area (Å²) in [4.78, 5) is 35.0. The lowest BCUT2D eigenvalue weighted by Crippen LogP contribution is -2.47. The molecule has 2 aliphatic heterocycles. The monoisotopic (exact) mass is 611 g/mol. The molecular formula is C25H31F6N5O4S. The summed E-state index contributed by atoms with van der Waals surface area (Å²) < 4.78 is 87.2. The Morgan fingerprint density at radius 1 is 1.27 bits per heavy atom. The summed E-state index contributed by atoms with van der Waals surface area (Å²) in [6, 6.07) is -4.49. The maximum Gasteiger partial charge on any atom is 0.417 e. The highest BCUT2D eigenvalue weighted by atomic mass is 32.1. The van der Waals surface area contributed by atoms with Crippen molar-refractivity contribution in [3.63, 3.8) is 0 Å². The number of nitrogens with one attached hydrogen (secondary N) is 2. The number of carbonyl (C=O) groups is 2. The van der Waals surface area contributed by atoms with Crippen LogP contribution < -0.4 is 10.6 Å². The highest BCUT2D eigenvalue weighted by Crippen LogP contribution is 2.35. The molecule has 1 aromatic rings. The molecule has 0 spiro atoms. The van der Waals surface area contributed by atoms with Crippen LogP contribution >= 0.6 is 12.2 Å². The second-order valence-corrected chi connectivity index (χ2v) is 10.4. The van der Waals surface area contributed by atoms with Gasteiger partial charge in [-0.2, -0.15) is 26.3 Å². The van der Waals surface area contributed by atoms with E-state index in [0.29, 0.717) is 31.6 Å². The number of rotatable bonds is 9. The van der Waals surface area contributed by atoms with Crippen LogP contribution in [0.5, 0.6) is 0 Å². The van der Waals surface area contributed by atoms with Gasteiger partial charge in [0.05, 0.1) is 41.5 Å². The molecule has 0 radical (unpaired) electrons. The van der Waals surface area contributed by atoms with Gasteiger partial charge in [-0.3, -0.25) is 14.6 Å². The lowest BCUT2D eigenvalue weighted by atomic mass is 10.00. The van der Waals surface area contributed by atoms with Gasteiger partial charge in [0.2, 0.25) is 0 Å². The van der Waals surface area contributed by atoms with Gasteiger partial charge < -0.3 is 25.4 Å². The van der Waals surface area contributed by atoms with Gasteiger partial charge in [0.25, 0.3) is 11.8 Å². The molecule has 0 aromatic carbocycles. The Bertz CT molecular complexity index is 1180. The molecule has 1 aromatic heterocycles. The number of aliphatic imine (C=N–C) groups is 1. The summed E-state index contributed by atoms with van der Waals surface area (Å²) in [5, 5.41) is 14.4. The van der Waals surface area contributed by atoms with Crippen LogP contribution in [0.3, 0.4) is 0 Å². The van der Waals surface area contributed by atoms with Crippen molar-refractivity contribution < 1.29 is 45.8 Å². The number of pyridine rings is 1. The third kappa shape index (κ3) is 7.92. The van der Waals surface area contributed by atoms with Gasteiger partial charge >= 0.3 is 12.4 Å². The number of likely N-dealkylation sites (tertiary alicyclic amines) is 1. The predicted molar refractivity (Wildman–Crippen MR) is 141 cm³/mol. The number of amides is 2. The first-order chi connectivity index (χ1) is 19.0. The van der Waals surface area contributed by atoms with E-state index < -0.39 is 76.6 Å². The van der Waals surface area contributed by atoms with Crippen LogP contribution in [-0.2, 0) is 20.5 Å². The molecule has 16 heteroatoms. The van der Waals surface area contributed by atoms with Crippen LogP contribution in [-0.4, -0.2) is 93.6 Å². The molecule has 3 rings (SSSR count). The Labute approximate surface area is 237 Å². The Morgan fingerprint density at radius 2 is 1.95 bits per heavy atom. The fraction of sp³-hybridized carbons (Fsp3) is 0.640. The van der Waals surface area contributed by atoms with Crippen molar-refractivity contribution in [2.45, 2.75) is 82.7 Å². The molecule has 3 heterocycles. The number of aliphatic hydroxyl groups is 1. The number of hydrogen-bond acceptors (Lipinski definition) is 8. The van der Waals surface area contributed by atoms with Crippen LogP contribution in [0.1, 0.15) is 51.2 Å². The van der Waals surface area contributed by atoms with Crippen LogP contribution in [0, 0.1) is 0 Å². The molecule has 0 aliphatic carbocycles. The number of anilines is 1. The Balaban J connectivity index is 2.01. The summed E-state index contributed by atoms with van der Waals surface area (Å²) in [6.07, 6.45) is -9.32. The van der Waals surface area contributed by atoms with E-state index in [9.17, 15) is 41.0 Å². The number of ether oxygens (including phenoxy) is 1. The summed E-state index contributed by atoms with van der Waals surface area (Å²) >= 11 is 5.34. The van der Waals surface area contributed by atoms with Gasteiger partial charge in [-0.05, 0) is 39.2 Å². The summed E-state index contributed by atoms with van der Waals surface area (Å²) in [5.74, 6) is -2.20. The van der Waals surface area contributed by atoms with Gasteiger partial charge in [0.1, 0.15) is 11.9 Å². The average molecular weight is 612 g/mol. The second-order valence-electron chi connectivity index (χ2n) is 9.95. The van der Waals surface area contributed by atoms with Crippen LogP contribution in [0.4, 0.5) is 32.2 Å². The highest BCUT2D eigenvalue weighted by molar-refractivity contribution is 7.81. The van der Waals surface area contributed by atoms with Gasteiger partial charge in [-0.15, -0.1) is 0 Å². The van der Waals surface area contributed by atoms with Crippen molar-refractivity contribution in [3.05, 3.63) is 23.4 Å². The number of aliphatic hydroxyl groups excluding tert-OH is 1. The number of aromatic nitrogens is 1. The van der Waals surface area contributed by atoms with Gasteiger partial charge in [0, 0.05) is 24.3 Å². The Morgan fingerprint density at radius 3 is 2.46 bits per heavy atom. The SMILES string of the molecule is CC[C@H](Nc1cc(C(F)(F)F)c(C(=S)C(/N=C(\C)C(=O)N[C@H]2COC[C@@H]2O)C(=O)N2CCC[C@@H]2C)cn1)C(F)(F)F. The van der Waals surface area contributed by atoms with E-state index in [4.69, 9.17) is 17.0 Å². The summed E-state index contributed by atoms with van der Waals surface area (Å²) in [5.41, 5.74) is -2.42. The maximum absolute atomic E-state index is 14.2. The van der Waals surface area contributed by atoms with Crippen molar-refractivity contribution in [2.24, 2.45) is 4.99 Å². The molecule has 2 fully saturated rings. The first-order valence-electron chi connectivity index (χ1n) is 12.9. The minimum atomic E-state index is -5.08. The van der Waals surface area contributed by atoms with E-state index in [1.54, 1.807) is 6.92 Å². The molecular weight excluding hydrogens is 580 g/mol. The molecule has 9 nitrogen and oxygen atoms in total. The second kappa shape index (κ2) is 13.0. The minimum Gasteiger partial charge on any atom is -0.388 e. The van der Waals surface area contributed by atoms with E-state index in [0.717, 1.165) is 0 Å². The van der Waals surface area contributed by atoms with Crippen molar-refractivity contribution in [3.8, 4) is 0 Å². The Kier molecular flexibility index (Phi) is 10.3. The minimum absolute atomic E-state index is 0.000767. The number of halogens is 6. The number of nitrogens with zero attached hydrogens (tertiary/aromatic N) is 3. The van der Waals surface area contributed by atoms with Crippen molar-refractivity contribution >= 4 is 40.4 Å².